The lowest BCUT2D eigenvalue weighted by Gasteiger charge is -2.23. The maximum absolute atomic E-state index is 14.1. The molecule has 186 valence electrons. The number of hydrogen-bond acceptors (Lipinski definition) is 7. The summed E-state index contributed by atoms with van der Waals surface area (Å²) in [4.78, 5) is 31.6. The summed E-state index contributed by atoms with van der Waals surface area (Å²) in [6.45, 7) is 4.39. The average molecular weight is 501 g/mol. The molecule has 9 heteroatoms. The third kappa shape index (κ3) is 6.57. The molecule has 0 saturated carbocycles. The molecule has 3 aromatic rings. The van der Waals surface area contributed by atoms with Crippen molar-refractivity contribution >= 4 is 23.2 Å². The minimum absolute atomic E-state index is 0.193. The number of aryl methyl sites for hydroxylation is 1. The molecule has 0 aliphatic rings. The highest BCUT2D eigenvalue weighted by molar-refractivity contribution is 7.09. The number of nitrogens with zero attached hydrogens (tertiary/aromatic N) is 2. The Morgan fingerprint density at radius 3 is 2.43 bits per heavy atom. The highest BCUT2D eigenvalue weighted by atomic mass is 32.1. The molecule has 0 radical (unpaired) electrons. The first kappa shape index (κ1) is 26.2. The van der Waals surface area contributed by atoms with Crippen molar-refractivity contribution in [1.82, 2.24) is 9.88 Å². The van der Waals surface area contributed by atoms with E-state index in [1.54, 1.807) is 47.5 Å². The van der Waals surface area contributed by atoms with Crippen LogP contribution < -0.4 is 9.47 Å². The van der Waals surface area contributed by atoms with Crippen molar-refractivity contribution in [1.29, 1.82) is 0 Å². The zero-order chi connectivity index (χ0) is 25.4. The van der Waals surface area contributed by atoms with E-state index in [0.29, 0.717) is 47.0 Å². The molecule has 2 aromatic carbocycles. The predicted molar refractivity (Wildman–Crippen MR) is 132 cm³/mol. The van der Waals surface area contributed by atoms with E-state index in [4.69, 9.17) is 14.2 Å². The lowest BCUT2D eigenvalue weighted by molar-refractivity contribution is 0.0520. The highest BCUT2D eigenvalue weighted by Gasteiger charge is 2.22. The third-order valence-corrected chi connectivity index (χ3v) is 6.31. The van der Waals surface area contributed by atoms with Gasteiger partial charge < -0.3 is 19.1 Å². The second kappa shape index (κ2) is 12.3. The van der Waals surface area contributed by atoms with Gasteiger partial charge in [-0.2, -0.15) is 0 Å². The summed E-state index contributed by atoms with van der Waals surface area (Å²) in [6.07, 6.45) is 1.02. The van der Waals surface area contributed by atoms with Gasteiger partial charge in [-0.15, -0.1) is 11.3 Å². The van der Waals surface area contributed by atoms with E-state index in [0.717, 1.165) is 5.56 Å². The maximum Gasteiger partial charge on any atom is 0.357 e. The van der Waals surface area contributed by atoms with Gasteiger partial charge in [0, 0.05) is 23.1 Å². The number of carbonyl (C=O) groups is 2. The molecule has 0 unspecified atom stereocenters. The van der Waals surface area contributed by atoms with E-state index in [9.17, 15) is 14.0 Å². The number of esters is 1. The summed E-state index contributed by atoms with van der Waals surface area (Å²) in [5.74, 6) is 0.0662. The van der Waals surface area contributed by atoms with Crippen LogP contribution in [0, 0.1) is 12.7 Å². The van der Waals surface area contributed by atoms with Crippen molar-refractivity contribution in [2.24, 2.45) is 0 Å². The van der Waals surface area contributed by atoms with Gasteiger partial charge in [0.15, 0.2) is 5.69 Å². The van der Waals surface area contributed by atoms with Gasteiger partial charge in [-0.25, -0.2) is 14.2 Å². The highest BCUT2D eigenvalue weighted by Crippen LogP contribution is 2.30. The summed E-state index contributed by atoms with van der Waals surface area (Å²) in [5.41, 5.74) is 2.00. The first-order valence-corrected chi connectivity index (χ1v) is 12.1. The molecule has 0 spiro atoms. The van der Waals surface area contributed by atoms with Gasteiger partial charge in [0.2, 0.25) is 0 Å². The standard InChI is InChI=1S/C26H29FN2O5S/c1-5-34-26(31)21-16-35-24(28-21)15-29(12-8-10-18-9-6-7-11-20(18)27)25(30)19-13-22(32-3)17(2)23(14-19)33-4/h6-7,9,11,13-14,16H,5,8,10,12,15H2,1-4H3. The lowest BCUT2D eigenvalue weighted by Crippen LogP contribution is -2.32. The summed E-state index contributed by atoms with van der Waals surface area (Å²) in [7, 11) is 3.07. The van der Waals surface area contributed by atoms with Gasteiger partial charge in [0.1, 0.15) is 22.3 Å². The molecule has 0 atom stereocenters. The van der Waals surface area contributed by atoms with Crippen LogP contribution in [0.4, 0.5) is 4.39 Å². The predicted octanol–water partition coefficient (Wildman–Crippen LogP) is 5.06. The zero-order valence-corrected chi connectivity index (χ0v) is 21.1. The molecule has 3 rings (SSSR count). The minimum Gasteiger partial charge on any atom is -0.496 e. The SMILES string of the molecule is CCOC(=O)c1csc(CN(CCCc2ccccc2F)C(=O)c2cc(OC)c(C)c(OC)c2)n1. The van der Waals surface area contributed by atoms with E-state index in [-0.39, 0.29) is 30.6 Å². The first-order chi connectivity index (χ1) is 16.9. The van der Waals surface area contributed by atoms with Crippen LogP contribution in [-0.4, -0.2) is 49.1 Å². The monoisotopic (exact) mass is 500 g/mol. The van der Waals surface area contributed by atoms with E-state index >= 15 is 0 Å². The van der Waals surface area contributed by atoms with Gasteiger partial charge in [-0.1, -0.05) is 18.2 Å². The minimum atomic E-state index is -0.500. The molecular weight excluding hydrogens is 471 g/mol. The number of halogens is 1. The van der Waals surface area contributed by atoms with Crippen molar-refractivity contribution in [2.75, 3.05) is 27.4 Å². The van der Waals surface area contributed by atoms with Gasteiger partial charge in [-0.3, -0.25) is 4.79 Å². The van der Waals surface area contributed by atoms with Gasteiger partial charge in [0.25, 0.3) is 5.91 Å². The van der Waals surface area contributed by atoms with Crippen LogP contribution in [0.15, 0.2) is 41.8 Å². The molecule has 35 heavy (non-hydrogen) atoms. The van der Waals surface area contributed by atoms with Crippen molar-refractivity contribution < 1.29 is 28.2 Å². The quantitative estimate of drug-likeness (QED) is 0.343. The third-order valence-electron chi connectivity index (χ3n) is 5.48. The fourth-order valence-electron chi connectivity index (χ4n) is 3.65. The number of amides is 1. The Kier molecular flexibility index (Phi) is 9.19. The van der Waals surface area contributed by atoms with Crippen LogP contribution in [0.1, 0.15) is 50.3 Å². The van der Waals surface area contributed by atoms with E-state index < -0.39 is 5.97 Å². The average Bonchev–Trinajstić information content (AvgIpc) is 3.33. The van der Waals surface area contributed by atoms with E-state index in [2.05, 4.69) is 4.98 Å². The number of methoxy groups -OCH3 is 2. The largest absolute Gasteiger partial charge is 0.496 e. The topological polar surface area (TPSA) is 78.0 Å². The first-order valence-electron chi connectivity index (χ1n) is 11.2. The van der Waals surface area contributed by atoms with Crippen LogP contribution in [-0.2, 0) is 17.7 Å². The Labute approximate surface area is 208 Å². The Balaban J connectivity index is 1.85. The second-order valence-corrected chi connectivity index (χ2v) is 8.72. The van der Waals surface area contributed by atoms with Crippen molar-refractivity contribution in [3.05, 3.63) is 75.0 Å². The van der Waals surface area contributed by atoms with Crippen molar-refractivity contribution in [2.45, 2.75) is 33.2 Å². The van der Waals surface area contributed by atoms with Crippen LogP contribution in [0.2, 0.25) is 0 Å². The van der Waals surface area contributed by atoms with E-state index in [1.165, 1.54) is 31.6 Å². The smallest absolute Gasteiger partial charge is 0.357 e. The number of hydrogen-bond donors (Lipinski definition) is 0. The fourth-order valence-corrected chi connectivity index (χ4v) is 4.43. The number of carbonyl (C=O) groups excluding carboxylic acids is 2. The number of rotatable bonds is 11. The van der Waals surface area contributed by atoms with Gasteiger partial charge in [0.05, 0.1) is 27.4 Å². The second-order valence-electron chi connectivity index (χ2n) is 7.77. The van der Waals surface area contributed by atoms with Crippen molar-refractivity contribution in [3.63, 3.8) is 0 Å². The molecule has 1 aromatic heterocycles. The van der Waals surface area contributed by atoms with Crippen LogP contribution >= 0.6 is 11.3 Å². The molecule has 0 aliphatic carbocycles. The summed E-state index contributed by atoms with van der Waals surface area (Å²) < 4.78 is 29.9. The normalized spacial score (nSPS) is 10.7. The molecular formula is C26H29FN2O5S. The summed E-state index contributed by atoms with van der Waals surface area (Å²) in [5, 5.41) is 2.21. The number of aromatic nitrogens is 1. The Hall–Kier alpha value is -3.46. The number of benzene rings is 2. The van der Waals surface area contributed by atoms with E-state index in [1.807, 2.05) is 6.92 Å². The van der Waals surface area contributed by atoms with Gasteiger partial charge in [-0.05, 0) is 50.5 Å². The van der Waals surface area contributed by atoms with Crippen LogP contribution in [0.5, 0.6) is 11.5 Å². The van der Waals surface area contributed by atoms with Crippen molar-refractivity contribution in [3.8, 4) is 11.5 Å². The Bertz CT molecular complexity index is 1160. The molecule has 1 amide bonds. The Morgan fingerprint density at radius 1 is 1.11 bits per heavy atom. The zero-order valence-electron chi connectivity index (χ0n) is 20.3. The fraction of sp³-hybridized carbons (Fsp3) is 0.346. The number of ether oxygens (including phenoxy) is 3. The maximum atomic E-state index is 14.1. The molecule has 0 aliphatic heterocycles. The van der Waals surface area contributed by atoms with Crippen LogP contribution in [0.3, 0.4) is 0 Å². The molecule has 0 N–H and O–H groups in total. The molecule has 0 bridgehead atoms. The lowest BCUT2D eigenvalue weighted by atomic mass is 10.1. The number of thiazole rings is 1. The van der Waals surface area contributed by atoms with Gasteiger partial charge >= 0.3 is 5.97 Å². The van der Waals surface area contributed by atoms with Crippen LogP contribution in [0.25, 0.3) is 0 Å². The Morgan fingerprint density at radius 2 is 1.80 bits per heavy atom. The molecule has 7 nitrogen and oxygen atoms in total. The molecule has 1 heterocycles. The summed E-state index contributed by atoms with van der Waals surface area (Å²) in [6, 6.07) is 9.96. The molecule has 0 saturated heterocycles. The summed E-state index contributed by atoms with van der Waals surface area (Å²) >= 11 is 1.28. The molecule has 0 fully saturated rings.